The molecule has 0 atom stereocenters. The van der Waals surface area contributed by atoms with Crippen LogP contribution >= 0.6 is 0 Å². The maximum atomic E-state index is 13.3. The van der Waals surface area contributed by atoms with Gasteiger partial charge < -0.3 is 9.84 Å². The number of rotatable bonds is 12. The Morgan fingerprint density at radius 3 is 2.26 bits per heavy atom. The number of nitrogens with zero attached hydrogens (tertiary/aromatic N) is 2. The molecule has 0 aliphatic rings. The summed E-state index contributed by atoms with van der Waals surface area (Å²) in [6.45, 7) is 5.81. The van der Waals surface area contributed by atoms with Gasteiger partial charge in [-0.05, 0) is 75.1 Å². The fourth-order valence-electron chi connectivity index (χ4n) is 3.60. The van der Waals surface area contributed by atoms with Crippen LogP contribution in [0.3, 0.4) is 0 Å². The van der Waals surface area contributed by atoms with E-state index in [9.17, 15) is 18.3 Å². The van der Waals surface area contributed by atoms with E-state index in [1.54, 1.807) is 42.6 Å². The largest absolute Gasteiger partial charge is 0.478 e. The van der Waals surface area contributed by atoms with Crippen molar-refractivity contribution in [1.29, 1.82) is 0 Å². The average molecular weight is 497 g/mol. The molecule has 0 amide bonds. The summed E-state index contributed by atoms with van der Waals surface area (Å²) >= 11 is 0. The lowest BCUT2D eigenvalue weighted by Crippen LogP contribution is -2.37. The Balaban J connectivity index is 1.63. The first-order valence-corrected chi connectivity index (χ1v) is 13.1. The van der Waals surface area contributed by atoms with Gasteiger partial charge in [0.1, 0.15) is 5.75 Å². The monoisotopic (exact) mass is 496 g/mol. The molecule has 1 N–H and O–H groups in total. The Labute approximate surface area is 207 Å². The summed E-state index contributed by atoms with van der Waals surface area (Å²) in [4.78, 5) is 15.8. The summed E-state index contributed by atoms with van der Waals surface area (Å²) in [7, 11) is -3.61. The highest BCUT2D eigenvalue weighted by molar-refractivity contribution is 7.89. The van der Waals surface area contributed by atoms with Crippen LogP contribution in [0.2, 0.25) is 0 Å². The normalized spacial score (nSPS) is 12.0. The number of carboxylic acid groups (broad SMARTS) is 1. The van der Waals surface area contributed by atoms with Crippen LogP contribution < -0.4 is 4.74 Å². The molecule has 1 heterocycles. The fraction of sp³-hybridized carbons (Fsp3) is 0.333. The first-order valence-electron chi connectivity index (χ1n) is 11.7. The molecule has 2 aromatic carbocycles. The number of ether oxygens (including phenoxy) is 1. The van der Waals surface area contributed by atoms with E-state index >= 15 is 0 Å². The third kappa shape index (κ3) is 6.90. The van der Waals surface area contributed by atoms with Crippen LogP contribution in [0.15, 0.2) is 77.8 Å². The van der Waals surface area contributed by atoms with Gasteiger partial charge >= 0.3 is 5.97 Å². The Morgan fingerprint density at radius 2 is 1.69 bits per heavy atom. The second-order valence-electron chi connectivity index (χ2n) is 8.81. The number of sulfonamides is 1. The first-order chi connectivity index (χ1) is 16.6. The van der Waals surface area contributed by atoms with Crippen molar-refractivity contribution in [2.75, 3.05) is 13.1 Å². The van der Waals surface area contributed by atoms with Crippen molar-refractivity contribution in [1.82, 2.24) is 9.29 Å². The number of aryl methyl sites for hydroxylation is 1. The molecule has 0 unspecified atom stereocenters. The van der Waals surface area contributed by atoms with E-state index in [-0.39, 0.29) is 4.90 Å². The molecule has 0 spiro atoms. The van der Waals surface area contributed by atoms with Crippen LogP contribution in [0.4, 0.5) is 0 Å². The smallest absolute Gasteiger partial charge is 0.347 e. The summed E-state index contributed by atoms with van der Waals surface area (Å²) < 4.78 is 33.7. The zero-order chi connectivity index (χ0) is 25.5. The molecule has 3 aromatic rings. The molecule has 0 aliphatic heterocycles. The van der Waals surface area contributed by atoms with Crippen LogP contribution in [0.5, 0.6) is 5.75 Å². The van der Waals surface area contributed by atoms with Gasteiger partial charge in [0, 0.05) is 24.8 Å². The maximum absolute atomic E-state index is 13.3. The van der Waals surface area contributed by atoms with Crippen LogP contribution in [0.1, 0.15) is 39.2 Å². The zero-order valence-corrected chi connectivity index (χ0v) is 21.2. The molecule has 0 aliphatic carbocycles. The molecule has 0 saturated heterocycles. The van der Waals surface area contributed by atoms with E-state index in [0.717, 1.165) is 23.2 Å². The van der Waals surface area contributed by atoms with E-state index in [2.05, 4.69) is 4.98 Å². The quantitative estimate of drug-likeness (QED) is 0.378. The minimum atomic E-state index is -3.61. The number of aromatic nitrogens is 1. The highest BCUT2D eigenvalue weighted by Gasteiger charge is 2.29. The van der Waals surface area contributed by atoms with E-state index in [1.165, 1.54) is 18.2 Å². The standard InChI is InChI=1S/C27H32N2O5S/c1-4-19-29(20-7-8-21-10-14-23(15-11-21)34-27(2,3)26(30)31)35(32,33)24-16-12-22(13-17-24)25-9-5-6-18-28-25/h5-6,9-18H,4,7-8,19-20H2,1-3H3,(H,30,31). The van der Waals surface area contributed by atoms with Gasteiger partial charge in [0.15, 0.2) is 5.60 Å². The highest BCUT2D eigenvalue weighted by Crippen LogP contribution is 2.23. The van der Waals surface area contributed by atoms with Gasteiger partial charge in [-0.25, -0.2) is 13.2 Å². The molecular formula is C27H32N2O5S. The summed E-state index contributed by atoms with van der Waals surface area (Å²) in [5, 5.41) is 9.20. The topological polar surface area (TPSA) is 96.8 Å². The molecule has 3 rings (SSSR count). The average Bonchev–Trinajstić information content (AvgIpc) is 2.85. The number of benzene rings is 2. The fourth-order valence-corrected chi connectivity index (χ4v) is 5.17. The molecule has 0 radical (unpaired) electrons. The van der Waals surface area contributed by atoms with E-state index in [0.29, 0.717) is 31.7 Å². The zero-order valence-electron chi connectivity index (χ0n) is 20.3. The molecule has 8 heteroatoms. The van der Waals surface area contributed by atoms with Crippen molar-refractivity contribution in [3.8, 4) is 17.0 Å². The lowest BCUT2D eigenvalue weighted by atomic mass is 10.1. The minimum absolute atomic E-state index is 0.271. The number of carbonyl (C=O) groups is 1. The minimum Gasteiger partial charge on any atom is -0.478 e. The van der Waals surface area contributed by atoms with Gasteiger partial charge in [0.2, 0.25) is 10.0 Å². The van der Waals surface area contributed by atoms with Gasteiger partial charge in [-0.15, -0.1) is 0 Å². The Morgan fingerprint density at radius 1 is 1.00 bits per heavy atom. The molecule has 7 nitrogen and oxygen atoms in total. The molecule has 186 valence electrons. The van der Waals surface area contributed by atoms with Crippen LogP contribution in [-0.2, 0) is 21.2 Å². The number of aliphatic carboxylic acids is 1. The lowest BCUT2D eigenvalue weighted by molar-refractivity contribution is -0.152. The van der Waals surface area contributed by atoms with Gasteiger partial charge in [-0.1, -0.05) is 37.3 Å². The van der Waals surface area contributed by atoms with Crippen molar-refractivity contribution in [3.05, 3.63) is 78.5 Å². The Bertz CT molecular complexity index is 1210. The van der Waals surface area contributed by atoms with Gasteiger partial charge in [-0.3, -0.25) is 4.98 Å². The van der Waals surface area contributed by atoms with Crippen molar-refractivity contribution in [3.63, 3.8) is 0 Å². The van der Waals surface area contributed by atoms with Gasteiger partial charge in [0.25, 0.3) is 0 Å². The summed E-state index contributed by atoms with van der Waals surface area (Å²) in [5.41, 5.74) is 1.38. The molecule has 0 bridgehead atoms. The second-order valence-corrected chi connectivity index (χ2v) is 10.7. The van der Waals surface area contributed by atoms with Gasteiger partial charge in [0.05, 0.1) is 10.6 Å². The Kier molecular flexibility index (Phi) is 8.64. The van der Waals surface area contributed by atoms with Crippen LogP contribution in [0.25, 0.3) is 11.3 Å². The summed E-state index contributed by atoms with van der Waals surface area (Å²) in [6.07, 6.45) is 3.78. The SMILES string of the molecule is CCCN(CCCc1ccc(OC(C)(C)C(=O)O)cc1)S(=O)(=O)c1ccc(-c2ccccn2)cc1. The number of hydrogen-bond acceptors (Lipinski definition) is 5. The molecule has 1 aromatic heterocycles. The molecule has 0 fully saturated rings. The van der Waals surface area contributed by atoms with Crippen LogP contribution in [-0.4, -0.2) is 47.5 Å². The van der Waals surface area contributed by atoms with Crippen molar-refractivity contribution < 1.29 is 23.1 Å². The highest BCUT2D eigenvalue weighted by atomic mass is 32.2. The predicted molar refractivity (Wildman–Crippen MR) is 136 cm³/mol. The number of hydrogen-bond donors (Lipinski definition) is 1. The number of pyridine rings is 1. The number of carboxylic acids is 1. The van der Waals surface area contributed by atoms with E-state index in [1.807, 2.05) is 37.3 Å². The predicted octanol–water partition coefficient (Wildman–Crippen LogP) is 5.02. The molecule has 35 heavy (non-hydrogen) atoms. The molecular weight excluding hydrogens is 464 g/mol. The molecule has 0 saturated carbocycles. The third-order valence-electron chi connectivity index (χ3n) is 5.61. The van der Waals surface area contributed by atoms with Crippen molar-refractivity contribution >= 4 is 16.0 Å². The van der Waals surface area contributed by atoms with E-state index in [4.69, 9.17) is 4.74 Å². The van der Waals surface area contributed by atoms with Gasteiger partial charge in [-0.2, -0.15) is 4.31 Å². The van der Waals surface area contributed by atoms with Crippen LogP contribution in [0, 0.1) is 0 Å². The lowest BCUT2D eigenvalue weighted by Gasteiger charge is -2.22. The maximum Gasteiger partial charge on any atom is 0.347 e. The first kappa shape index (κ1) is 26.4. The van der Waals surface area contributed by atoms with Crippen molar-refractivity contribution in [2.45, 2.75) is 50.5 Å². The Hall–Kier alpha value is -3.23. The second kappa shape index (κ2) is 11.5. The summed E-state index contributed by atoms with van der Waals surface area (Å²) in [6, 6.07) is 19.7. The third-order valence-corrected chi connectivity index (χ3v) is 7.52. The summed E-state index contributed by atoms with van der Waals surface area (Å²) in [5.74, 6) is -0.560. The van der Waals surface area contributed by atoms with Crippen molar-refractivity contribution in [2.24, 2.45) is 0 Å². The van der Waals surface area contributed by atoms with E-state index < -0.39 is 21.6 Å².